The zero-order chi connectivity index (χ0) is 23.0. The van der Waals surface area contributed by atoms with Crippen molar-refractivity contribution in [3.05, 3.63) is 34.9 Å². The molecule has 0 aliphatic carbocycles. The molecule has 2 heterocycles. The molecule has 2 saturated heterocycles. The van der Waals surface area contributed by atoms with Crippen LogP contribution in [0.25, 0.3) is 0 Å². The van der Waals surface area contributed by atoms with Gasteiger partial charge in [0.1, 0.15) is 0 Å². The number of carbonyl (C=O) groups excluding carboxylic acids is 1. The van der Waals surface area contributed by atoms with Crippen LogP contribution in [-0.4, -0.2) is 60.5 Å². The van der Waals surface area contributed by atoms with E-state index in [9.17, 15) is 31.1 Å². The van der Waals surface area contributed by atoms with Crippen molar-refractivity contribution in [2.45, 2.75) is 58.1 Å². The van der Waals surface area contributed by atoms with Gasteiger partial charge in [0, 0.05) is 26.2 Å². The molecular formula is C21H26F6N2O2. The van der Waals surface area contributed by atoms with Gasteiger partial charge < -0.3 is 9.64 Å². The van der Waals surface area contributed by atoms with Crippen LogP contribution in [0.4, 0.5) is 31.1 Å². The van der Waals surface area contributed by atoms with Crippen LogP contribution in [0.3, 0.4) is 0 Å². The van der Waals surface area contributed by atoms with Gasteiger partial charge in [0.25, 0.3) is 6.10 Å². The van der Waals surface area contributed by atoms with Gasteiger partial charge in [-0.15, -0.1) is 0 Å². The highest BCUT2D eigenvalue weighted by Gasteiger charge is 2.60. The number of amides is 1. The highest BCUT2D eigenvalue weighted by atomic mass is 19.4. The Bertz CT molecular complexity index is 786. The maximum Gasteiger partial charge on any atom is 0.434 e. The summed E-state index contributed by atoms with van der Waals surface area (Å²) in [6.07, 6.45) is -15.2. The number of rotatable bonds is 3. The third-order valence-corrected chi connectivity index (χ3v) is 6.39. The van der Waals surface area contributed by atoms with Gasteiger partial charge >= 0.3 is 18.4 Å². The predicted octanol–water partition coefficient (Wildman–Crippen LogP) is 5.22. The van der Waals surface area contributed by atoms with Gasteiger partial charge in [-0.05, 0) is 61.8 Å². The number of halogens is 6. The number of benzene rings is 1. The fraction of sp³-hybridized carbons (Fsp3) is 0.667. The Hall–Kier alpha value is -1.97. The van der Waals surface area contributed by atoms with E-state index in [1.807, 2.05) is 6.92 Å². The minimum atomic E-state index is -5.70. The van der Waals surface area contributed by atoms with Gasteiger partial charge in [0.2, 0.25) is 0 Å². The van der Waals surface area contributed by atoms with Crippen LogP contribution in [-0.2, 0) is 11.3 Å². The SMILES string of the molecule is Cc1ccc(CN2CCC3(CCN(C(=O)OC(C(F)(F)F)C(F)(F)F)CC3)C2)cc1C. The van der Waals surface area contributed by atoms with E-state index in [0.717, 1.165) is 31.0 Å². The van der Waals surface area contributed by atoms with Crippen LogP contribution in [0.1, 0.15) is 36.0 Å². The van der Waals surface area contributed by atoms with Gasteiger partial charge in [-0.2, -0.15) is 26.3 Å². The van der Waals surface area contributed by atoms with Crippen LogP contribution in [0.15, 0.2) is 18.2 Å². The first-order chi connectivity index (χ1) is 14.3. The minimum Gasteiger partial charge on any atom is -0.426 e. The zero-order valence-electron chi connectivity index (χ0n) is 17.4. The lowest BCUT2D eigenvalue weighted by molar-refractivity contribution is -0.308. The molecule has 2 fully saturated rings. The average Bonchev–Trinajstić information content (AvgIpc) is 3.03. The van der Waals surface area contributed by atoms with E-state index < -0.39 is 24.5 Å². The Labute approximate surface area is 177 Å². The first-order valence-electron chi connectivity index (χ1n) is 10.2. The molecule has 31 heavy (non-hydrogen) atoms. The third kappa shape index (κ3) is 5.64. The maximum atomic E-state index is 12.6. The van der Waals surface area contributed by atoms with Gasteiger partial charge in [0.15, 0.2) is 0 Å². The van der Waals surface area contributed by atoms with Crippen molar-refractivity contribution in [1.29, 1.82) is 0 Å². The van der Waals surface area contributed by atoms with Crippen molar-refractivity contribution in [3.8, 4) is 0 Å². The number of ether oxygens (including phenoxy) is 1. The molecule has 0 saturated carbocycles. The number of piperidine rings is 1. The van der Waals surface area contributed by atoms with Crippen LogP contribution in [0, 0.1) is 19.3 Å². The van der Waals surface area contributed by atoms with E-state index in [0.29, 0.717) is 12.8 Å². The summed E-state index contributed by atoms with van der Waals surface area (Å²) in [5.74, 6) is 0. The molecule has 2 aliphatic rings. The standard InChI is InChI=1S/C21H26F6N2O2/c1-14-3-4-16(11-15(14)2)12-28-8-5-19(13-28)6-9-29(10-7-19)18(30)31-17(20(22,23)24)21(25,26)27/h3-4,11,17H,5-10,12-13H2,1-2H3. The van der Waals surface area contributed by atoms with Crippen molar-refractivity contribution in [1.82, 2.24) is 9.80 Å². The van der Waals surface area contributed by atoms with E-state index in [-0.39, 0.29) is 18.5 Å². The van der Waals surface area contributed by atoms with Gasteiger partial charge in [-0.25, -0.2) is 4.79 Å². The van der Waals surface area contributed by atoms with Crippen molar-refractivity contribution in [2.24, 2.45) is 5.41 Å². The molecule has 10 heteroatoms. The topological polar surface area (TPSA) is 32.8 Å². The normalized spacial score (nSPS) is 20.0. The number of hydrogen-bond acceptors (Lipinski definition) is 3. The molecule has 1 aromatic rings. The summed E-state index contributed by atoms with van der Waals surface area (Å²) in [6.45, 7) is 6.71. The lowest BCUT2D eigenvalue weighted by atomic mass is 9.78. The van der Waals surface area contributed by atoms with Gasteiger partial charge in [-0.3, -0.25) is 4.90 Å². The van der Waals surface area contributed by atoms with E-state index in [2.05, 4.69) is 34.8 Å². The second-order valence-corrected chi connectivity index (χ2v) is 8.71. The number of aryl methyl sites for hydroxylation is 2. The molecular weight excluding hydrogens is 426 g/mol. The van der Waals surface area contributed by atoms with Crippen LogP contribution < -0.4 is 0 Å². The molecule has 1 amide bonds. The molecule has 174 valence electrons. The second kappa shape index (κ2) is 8.52. The van der Waals surface area contributed by atoms with Gasteiger partial charge in [0.05, 0.1) is 0 Å². The van der Waals surface area contributed by atoms with Crippen LogP contribution >= 0.6 is 0 Å². The van der Waals surface area contributed by atoms with Crippen molar-refractivity contribution < 1.29 is 35.9 Å². The molecule has 0 atom stereocenters. The lowest BCUT2D eigenvalue weighted by Crippen LogP contribution is -2.50. The molecule has 2 aliphatic heterocycles. The lowest BCUT2D eigenvalue weighted by Gasteiger charge is -2.39. The van der Waals surface area contributed by atoms with Crippen LogP contribution in [0.5, 0.6) is 0 Å². The Morgan fingerprint density at radius 2 is 1.58 bits per heavy atom. The monoisotopic (exact) mass is 452 g/mol. The second-order valence-electron chi connectivity index (χ2n) is 8.71. The quantitative estimate of drug-likeness (QED) is 0.590. The largest absolute Gasteiger partial charge is 0.434 e. The molecule has 1 spiro atoms. The Kier molecular flexibility index (Phi) is 6.51. The predicted molar refractivity (Wildman–Crippen MR) is 101 cm³/mol. The average molecular weight is 452 g/mol. The molecule has 0 unspecified atom stereocenters. The number of carbonyl (C=O) groups is 1. The third-order valence-electron chi connectivity index (χ3n) is 6.39. The first kappa shape index (κ1) is 23.7. The molecule has 0 radical (unpaired) electrons. The highest BCUT2D eigenvalue weighted by molar-refractivity contribution is 5.68. The Balaban J connectivity index is 1.54. The first-order valence-corrected chi connectivity index (χ1v) is 10.2. The summed E-state index contributed by atoms with van der Waals surface area (Å²) in [6, 6.07) is 6.32. The molecule has 3 rings (SSSR count). The number of hydrogen-bond donors (Lipinski definition) is 0. The number of likely N-dealkylation sites (tertiary alicyclic amines) is 2. The molecule has 1 aromatic carbocycles. The van der Waals surface area contributed by atoms with Crippen LogP contribution in [0.2, 0.25) is 0 Å². The van der Waals surface area contributed by atoms with Crippen molar-refractivity contribution in [3.63, 3.8) is 0 Å². The smallest absolute Gasteiger partial charge is 0.426 e. The van der Waals surface area contributed by atoms with Crippen molar-refractivity contribution in [2.75, 3.05) is 26.2 Å². The fourth-order valence-corrected chi connectivity index (χ4v) is 4.39. The summed E-state index contributed by atoms with van der Waals surface area (Å²) < 4.78 is 79.6. The summed E-state index contributed by atoms with van der Waals surface area (Å²) in [5.41, 5.74) is 3.56. The van der Waals surface area contributed by atoms with Crippen molar-refractivity contribution >= 4 is 6.09 Å². The zero-order valence-corrected chi connectivity index (χ0v) is 17.4. The molecule has 0 aromatic heterocycles. The summed E-state index contributed by atoms with van der Waals surface area (Å²) in [7, 11) is 0. The number of alkyl halides is 6. The summed E-state index contributed by atoms with van der Waals surface area (Å²) >= 11 is 0. The molecule has 0 N–H and O–H groups in total. The van der Waals surface area contributed by atoms with E-state index in [4.69, 9.17) is 0 Å². The maximum absolute atomic E-state index is 12.6. The van der Waals surface area contributed by atoms with Gasteiger partial charge in [-0.1, -0.05) is 18.2 Å². The Morgan fingerprint density at radius 3 is 2.13 bits per heavy atom. The molecule has 4 nitrogen and oxygen atoms in total. The Morgan fingerprint density at radius 1 is 1.00 bits per heavy atom. The molecule has 0 bridgehead atoms. The van der Waals surface area contributed by atoms with E-state index in [1.165, 1.54) is 16.7 Å². The fourth-order valence-electron chi connectivity index (χ4n) is 4.39. The highest BCUT2D eigenvalue weighted by Crippen LogP contribution is 2.42. The minimum absolute atomic E-state index is 0.0794. The van der Waals surface area contributed by atoms with E-state index >= 15 is 0 Å². The summed E-state index contributed by atoms with van der Waals surface area (Å²) in [5, 5.41) is 0. The summed E-state index contributed by atoms with van der Waals surface area (Å²) in [4.78, 5) is 15.2. The van der Waals surface area contributed by atoms with E-state index in [1.54, 1.807) is 0 Å². The number of nitrogens with zero attached hydrogens (tertiary/aromatic N) is 2.